The van der Waals surface area contributed by atoms with Crippen LogP contribution < -0.4 is 0 Å². The van der Waals surface area contributed by atoms with Crippen molar-refractivity contribution in [2.45, 2.75) is 11.5 Å². The molecule has 1 aromatic rings. The van der Waals surface area contributed by atoms with Crippen LogP contribution in [0.2, 0.25) is 0 Å². The molecule has 1 N–H and O–H groups in total. The number of rotatable bonds is 6. The molecular weight excluding hydrogens is 308 g/mol. The van der Waals surface area contributed by atoms with Crippen molar-refractivity contribution in [3.8, 4) is 0 Å². The lowest BCUT2D eigenvalue weighted by atomic mass is 10.6. The maximum absolute atomic E-state index is 12.2. The maximum atomic E-state index is 12.2. The van der Waals surface area contributed by atoms with Gasteiger partial charge in [-0.25, -0.2) is 17.2 Å². The molecule has 0 aliphatic heterocycles. The molecule has 9 heteroatoms. The minimum Gasteiger partial charge on any atom is -0.266 e. The maximum Gasteiger partial charge on any atom is 0.260 e. The summed E-state index contributed by atoms with van der Waals surface area (Å²) in [5.41, 5.74) is 0. The van der Waals surface area contributed by atoms with Crippen molar-refractivity contribution in [2.24, 2.45) is 0 Å². The van der Waals surface area contributed by atoms with Crippen LogP contribution in [-0.2, 0) is 10.0 Å². The molecule has 0 unspecified atom stereocenters. The van der Waals surface area contributed by atoms with Crippen molar-refractivity contribution < 1.29 is 17.2 Å². The molecule has 0 atom stereocenters. The van der Waals surface area contributed by atoms with Gasteiger partial charge in [0, 0.05) is 11.9 Å². The number of aromatic amines is 1. The normalized spacial score (nSPS) is 12.6. The van der Waals surface area contributed by atoms with E-state index in [0.29, 0.717) is 4.31 Å². The number of hydrogen-bond acceptors (Lipinski definition) is 3. The van der Waals surface area contributed by atoms with Crippen LogP contribution in [-0.4, -0.2) is 47.8 Å². The van der Waals surface area contributed by atoms with Crippen LogP contribution in [0.25, 0.3) is 0 Å². The Hall–Kier alpha value is -0.540. The van der Waals surface area contributed by atoms with Crippen LogP contribution in [0.15, 0.2) is 17.3 Å². The molecule has 1 aromatic heterocycles. The molecule has 0 spiro atoms. The Morgan fingerprint density at radius 3 is 2.69 bits per heavy atom. The van der Waals surface area contributed by atoms with E-state index in [1.54, 1.807) is 0 Å². The Labute approximate surface area is 100 Å². The molecule has 92 valence electrons. The van der Waals surface area contributed by atoms with E-state index in [1.165, 1.54) is 12.3 Å². The summed E-state index contributed by atoms with van der Waals surface area (Å²) in [6, 6.07) is 1.22. The fourth-order valence-corrected chi connectivity index (χ4v) is 3.07. The largest absolute Gasteiger partial charge is 0.266 e. The van der Waals surface area contributed by atoms with Gasteiger partial charge < -0.3 is 0 Å². The zero-order valence-electron chi connectivity index (χ0n) is 8.11. The second kappa shape index (κ2) is 5.69. The standard InChI is InChI=1S/C7H10BrF2N3O2S/c8-2-4-13(5-6(9)10)16(14,15)7-1-3-11-12-7/h1,3,6H,2,4-5H2,(H,11,12). The highest BCUT2D eigenvalue weighted by Crippen LogP contribution is 2.14. The number of aromatic nitrogens is 2. The van der Waals surface area contributed by atoms with Crippen molar-refractivity contribution >= 4 is 26.0 Å². The quantitative estimate of drug-likeness (QED) is 0.798. The third-order valence-corrected chi connectivity index (χ3v) is 3.92. The van der Waals surface area contributed by atoms with Crippen molar-refractivity contribution in [1.82, 2.24) is 14.5 Å². The van der Waals surface area contributed by atoms with Crippen molar-refractivity contribution in [1.29, 1.82) is 0 Å². The third-order valence-electron chi connectivity index (χ3n) is 1.77. The summed E-state index contributed by atoms with van der Waals surface area (Å²) in [5.74, 6) is 0. The molecular formula is C7H10BrF2N3O2S. The van der Waals surface area contributed by atoms with E-state index in [-0.39, 0.29) is 16.9 Å². The first-order valence-electron chi connectivity index (χ1n) is 4.32. The Bertz CT molecular complexity index is 409. The fourth-order valence-electron chi connectivity index (χ4n) is 1.08. The molecule has 1 rings (SSSR count). The smallest absolute Gasteiger partial charge is 0.260 e. The van der Waals surface area contributed by atoms with Gasteiger partial charge in [-0.3, -0.25) is 5.10 Å². The molecule has 0 aromatic carbocycles. The van der Waals surface area contributed by atoms with E-state index in [4.69, 9.17) is 0 Å². The Kier molecular flexibility index (Phi) is 4.81. The minimum absolute atomic E-state index is 0.0221. The molecule has 0 aliphatic carbocycles. The van der Waals surface area contributed by atoms with Gasteiger partial charge in [-0.2, -0.15) is 9.40 Å². The van der Waals surface area contributed by atoms with E-state index < -0.39 is 23.0 Å². The van der Waals surface area contributed by atoms with Gasteiger partial charge in [0.2, 0.25) is 0 Å². The number of sulfonamides is 1. The molecule has 0 bridgehead atoms. The van der Waals surface area contributed by atoms with Crippen LogP contribution in [0.1, 0.15) is 0 Å². The van der Waals surface area contributed by atoms with Gasteiger partial charge in [-0.1, -0.05) is 15.9 Å². The molecule has 0 fully saturated rings. The molecule has 0 radical (unpaired) electrons. The van der Waals surface area contributed by atoms with E-state index in [9.17, 15) is 17.2 Å². The first-order chi connectivity index (χ1) is 7.48. The zero-order chi connectivity index (χ0) is 12.2. The van der Waals surface area contributed by atoms with Crippen LogP contribution in [0.5, 0.6) is 0 Å². The van der Waals surface area contributed by atoms with Gasteiger partial charge in [0.05, 0.1) is 12.7 Å². The molecule has 16 heavy (non-hydrogen) atoms. The molecule has 1 heterocycles. The second-order valence-electron chi connectivity index (χ2n) is 2.86. The summed E-state index contributed by atoms with van der Waals surface area (Å²) in [6.07, 6.45) is -1.46. The first kappa shape index (κ1) is 13.5. The summed E-state index contributed by atoms with van der Waals surface area (Å²) < 4.78 is 48.8. The van der Waals surface area contributed by atoms with Gasteiger partial charge in [0.15, 0.2) is 5.03 Å². The predicted molar refractivity (Wildman–Crippen MR) is 57.1 cm³/mol. The summed E-state index contributed by atoms with van der Waals surface area (Å²) in [7, 11) is -3.91. The molecule has 5 nitrogen and oxygen atoms in total. The van der Waals surface area contributed by atoms with Gasteiger partial charge in [0.25, 0.3) is 16.4 Å². The van der Waals surface area contributed by atoms with Crippen molar-refractivity contribution in [2.75, 3.05) is 18.4 Å². The zero-order valence-corrected chi connectivity index (χ0v) is 10.5. The lowest BCUT2D eigenvalue weighted by Gasteiger charge is -2.19. The summed E-state index contributed by atoms with van der Waals surface area (Å²) in [6.45, 7) is -0.849. The van der Waals surface area contributed by atoms with Crippen molar-refractivity contribution in [3.63, 3.8) is 0 Å². The monoisotopic (exact) mass is 317 g/mol. The molecule has 0 aliphatic rings. The van der Waals surface area contributed by atoms with Gasteiger partial charge in [0.1, 0.15) is 0 Å². The van der Waals surface area contributed by atoms with E-state index in [0.717, 1.165) is 0 Å². The summed E-state index contributed by atoms with van der Waals surface area (Å²) in [5, 5.41) is 5.83. The predicted octanol–water partition coefficient (Wildman–Crippen LogP) is 1.06. The number of nitrogens with zero attached hydrogens (tertiary/aromatic N) is 2. The number of H-pyrrole nitrogens is 1. The van der Waals surface area contributed by atoms with E-state index >= 15 is 0 Å². The highest BCUT2D eigenvalue weighted by atomic mass is 79.9. The summed E-state index contributed by atoms with van der Waals surface area (Å²) >= 11 is 3.02. The fraction of sp³-hybridized carbons (Fsp3) is 0.571. The topological polar surface area (TPSA) is 66.1 Å². The lowest BCUT2D eigenvalue weighted by Crippen LogP contribution is -2.36. The SMILES string of the molecule is O=S(=O)(c1ccn[nH]1)N(CCBr)CC(F)F. The molecule has 0 saturated heterocycles. The van der Waals surface area contributed by atoms with Gasteiger partial charge >= 0.3 is 0 Å². The highest BCUT2D eigenvalue weighted by molar-refractivity contribution is 9.09. The van der Waals surface area contributed by atoms with Crippen LogP contribution in [0, 0.1) is 0 Å². The first-order valence-corrected chi connectivity index (χ1v) is 6.88. The average molecular weight is 318 g/mol. The second-order valence-corrected chi connectivity index (χ2v) is 5.56. The molecule has 0 saturated carbocycles. The van der Waals surface area contributed by atoms with E-state index in [2.05, 4.69) is 26.1 Å². The Balaban J connectivity index is 2.93. The number of alkyl halides is 3. The number of nitrogens with one attached hydrogen (secondary N) is 1. The van der Waals surface area contributed by atoms with Crippen LogP contribution in [0.3, 0.4) is 0 Å². The average Bonchev–Trinajstić information content (AvgIpc) is 2.69. The van der Waals surface area contributed by atoms with Gasteiger partial charge in [-0.05, 0) is 6.07 Å². The third kappa shape index (κ3) is 3.22. The highest BCUT2D eigenvalue weighted by Gasteiger charge is 2.27. The lowest BCUT2D eigenvalue weighted by molar-refractivity contribution is 0.121. The Morgan fingerprint density at radius 2 is 2.25 bits per heavy atom. The summed E-state index contributed by atoms with van der Waals surface area (Å²) in [4.78, 5) is 0. The van der Waals surface area contributed by atoms with E-state index in [1.807, 2.05) is 0 Å². The number of halogens is 3. The molecule has 0 amide bonds. The van der Waals surface area contributed by atoms with Crippen LogP contribution >= 0.6 is 15.9 Å². The minimum atomic E-state index is -3.91. The number of hydrogen-bond donors (Lipinski definition) is 1. The van der Waals surface area contributed by atoms with Crippen LogP contribution in [0.4, 0.5) is 8.78 Å². The van der Waals surface area contributed by atoms with Gasteiger partial charge in [-0.15, -0.1) is 0 Å². The Morgan fingerprint density at radius 1 is 1.56 bits per heavy atom. The van der Waals surface area contributed by atoms with Crippen molar-refractivity contribution in [3.05, 3.63) is 12.3 Å².